The molecule has 0 fully saturated rings. The van der Waals surface area contributed by atoms with E-state index in [-0.39, 0.29) is 11.4 Å². The van der Waals surface area contributed by atoms with Gasteiger partial charge in [0, 0.05) is 24.5 Å². The molecule has 1 heterocycles. The van der Waals surface area contributed by atoms with Crippen LogP contribution in [0.3, 0.4) is 0 Å². The molecule has 1 aromatic carbocycles. The molecule has 0 saturated heterocycles. The number of rotatable bonds is 4. The lowest BCUT2D eigenvalue weighted by molar-refractivity contribution is 0.583. The number of hydrogen-bond donors (Lipinski definition) is 1. The Balaban J connectivity index is 2.45. The van der Waals surface area contributed by atoms with E-state index in [9.17, 15) is 8.42 Å². The molecule has 0 saturated carbocycles. The zero-order valence-electron chi connectivity index (χ0n) is 9.63. The van der Waals surface area contributed by atoms with Gasteiger partial charge in [-0.15, -0.1) is 12.3 Å². The van der Waals surface area contributed by atoms with Crippen LogP contribution in [0.2, 0.25) is 0 Å². The van der Waals surface area contributed by atoms with Crippen LogP contribution in [0.4, 0.5) is 0 Å². The van der Waals surface area contributed by atoms with E-state index in [0.29, 0.717) is 17.3 Å². The van der Waals surface area contributed by atoms with Crippen molar-refractivity contribution in [3.05, 3.63) is 36.5 Å². The van der Waals surface area contributed by atoms with Crippen LogP contribution in [0, 0.1) is 12.3 Å². The maximum Gasteiger partial charge on any atom is 0.241 e. The fraction of sp³-hybridized carbons (Fsp3) is 0.154. The van der Waals surface area contributed by atoms with Crippen LogP contribution < -0.4 is 4.72 Å². The summed E-state index contributed by atoms with van der Waals surface area (Å²) in [6.45, 7) is 0.232. The zero-order valence-corrected chi connectivity index (χ0v) is 10.4. The summed E-state index contributed by atoms with van der Waals surface area (Å²) in [5, 5.41) is 0.605. The van der Waals surface area contributed by atoms with Crippen LogP contribution in [-0.2, 0) is 10.0 Å². The topological polar surface area (TPSA) is 59.1 Å². The Hall–Kier alpha value is -1.90. The van der Waals surface area contributed by atoms with Gasteiger partial charge in [-0.1, -0.05) is 6.07 Å². The molecule has 2 aromatic rings. The minimum atomic E-state index is -3.54. The predicted octanol–water partition coefficient (Wildman–Crippen LogP) is 1.54. The number of benzene rings is 1. The number of aromatic nitrogens is 1. The second-order valence-electron chi connectivity index (χ2n) is 3.68. The van der Waals surface area contributed by atoms with Gasteiger partial charge in [-0.25, -0.2) is 13.1 Å². The van der Waals surface area contributed by atoms with Crippen molar-refractivity contribution in [1.82, 2.24) is 9.71 Å². The molecule has 18 heavy (non-hydrogen) atoms. The van der Waals surface area contributed by atoms with Crippen molar-refractivity contribution in [3.63, 3.8) is 0 Å². The van der Waals surface area contributed by atoms with Gasteiger partial charge in [0.25, 0.3) is 0 Å². The summed E-state index contributed by atoms with van der Waals surface area (Å²) in [4.78, 5) is 4.35. The van der Waals surface area contributed by atoms with Gasteiger partial charge in [0.2, 0.25) is 10.0 Å². The number of terminal acetylenes is 1. The van der Waals surface area contributed by atoms with E-state index < -0.39 is 10.0 Å². The van der Waals surface area contributed by atoms with Crippen molar-refractivity contribution >= 4 is 20.9 Å². The highest BCUT2D eigenvalue weighted by Crippen LogP contribution is 2.20. The van der Waals surface area contributed by atoms with E-state index >= 15 is 0 Å². The molecule has 5 heteroatoms. The molecule has 0 amide bonds. The van der Waals surface area contributed by atoms with Crippen molar-refractivity contribution in [2.45, 2.75) is 11.3 Å². The smallest absolute Gasteiger partial charge is 0.241 e. The normalized spacial score (nSPS) is 11.3. The molecule has 1 N–H and O–H groups in total. The first kappa shape index (κ1) is 12.6. The Bertz CT molecular complexity index is 697. The molecule has 0 radical (unpaired) electrons. The SMILES string of the molecule is C#CCCNS(=O)(=O)c1cccc2ncccc12. The summed E-state index contributed by atoms with van der Waals surface area (Å²) in [7, 11) is -3.54. The first-order valence-electron chi connectivity index (χ1n) is 5.42. The number of sulfonamides is 1. The number of fused-ring (bicyclic) bond motifs is 1. The average molecular weight is 260 g/mol. The Labute approximate surface area is 106 Å². The first-order chi connectivity index (χ1) is 8.65. The molecule has 92 valence electrons. The van der Waals surface area contributed by atoms with Crippen LogP contribution in [0.5, 0.6) is 0 Å². The first-order valence-corrected chi connectivity index (χ1v) is 6.90. The third-order valence-corrected chi connectivity index (χ3v) is 3.98. The highest BCUT2D eigenvalue weighted by atomic mass is 32.2. The molecule has 0 bridgehead atoms. The van der Waals surface area contributed by atoms with Crippen LogP contribution >= 0.6 is 0 Å². The van der Waals surface area contributed by atoms with Gasteiger partial charge >= 0.3 is 0 Å². The summed E-state index contributed by atoms with van der Waals surface area (Å²) in [6, 6.07) is 8.45. The van der Waals surface area contributed by atoms with Crippen molar-refractivity contribution in [3.8, 4) is 12.3 Å². The van der Waals surface area contributed by atoms with Crippen LogP contribution in [0.25, 0.3) is 10.9 Å². The highest BCUT2D eigenvalue weighted by molar-refractivity contribution is 7.89. The number of nitrogens with one attached hydrogen (secondary N) is 1. The Kier molecular flexibility index (Phi) is 3.60. The molecular weight excluding hydrogens is 248 g/mol. The zero-order chi connectivity index (χ0) is 13.0. The Morgan fingerprint density at radius 3 is 2.89 bits per heavy atom. The van der Waals surface area contributed by atoms with Gasteiger partial charge in [-0.2, -0.15) is 0 Å². The van der Waals surface area contributed by atoms with Crippen molar-refractivity contribution in [1.29, 1.82) is 0 Å². The third-order valence-electron chi connectivity index (χ3n) is 2.46. The maximum absolute atomic E-state index is 12.1. The number of nitrogens with zero attached hydrogens (tertiary/aromatic N) is 1. The summed E-state index contributed by atoms with van der Waals surface area (Å²) < 4.78 is 26.7. The standard InChI is InChI=1S/C13H12N2O2S/c1-2-3-10-15-18(16,17)13-8-4-7-12-11(13)6-5-9-14-12/h1,4-9,15H,3,10H2. The van der Waals surface area contributed by atoms with Gasteiger partial charge < -0.3 is 0 Å². The summed E-state index contributed by atoms with van der Waals surface area (Å²) in [5.74, 6) is 2.39. The minimum absolute atomic E-state index is 0.227. The van der Waals surface area contributed by atoms with Gasteiger partial charge in [-0.3, -0.25) is 4.98 Å². The van der Waals surface area contributed by atoms with Crippen LogP contribution in [0.1, 0.15) is 6.42 Å². The molecule has 0 aliphatic heterocycles. The molecular formula is C13H12N2O2S. The molecule has 0 spiro atoms. The molecule has 0 unspecified atom stereocenters. The Morgan fingerprint density at radius 1 is 1.28 bits per heavy atom. The monoisotopic (exact) mass is 260 g/mol. The minimum Gasteiger partial charge on any atom is -0.256 e. The molecule has 2 rings (SSSR count). The summed E-state index contributed by atoms with van der Waals surface area (Å²) in [6.07, 6.45) is 7.09. The van der Waals surface area contributed by atoms with Crippen molar-refractivity contribution in [2.75, 3.05) is 6.54 Å². The maximum atomic E-state index is 12.1. The van der Waals surface area contributed by atoms with Gasteiger partial charge in [0.05, 0.1) is 10.4 Å². The lowest BCUT2D eigenvalue weighted by Gasteiger charge is -2.07. The second-order valence-corrected chi connectivity index (χ2v) is 5.41. The van der Waals surface area contributed by atoms with E-state index in [2.05, 4.69) is 15.6 Å². The molecule has 0 aliphatic carbocycles. The lowest BCUT2D eigenvalue weighted by atomic mass is 10.2. The fourth-order valence-corrected chi connectivity index (χ4v) is 2.89. The van der Waals surface area contributed by atoms with E-state index in [1.165, 1.54) is 0 Å². The molecule has 4 nitrogen and oxygen atoms in total. The van der Waals surface area contributed by atoms with Crippen molar-refractivity contribution in [2.24, 2.45) is 0 Å². The lowest BCUT2D eigenvalue weighted by Crippen LogP contribution is -2.24. The van der Waals surface area contributed by atoms with Crippen LogP contribution in [-0.4, -0.2) is 19.9 Å². The van der Waals surface area contributed by atoms with Gasteiger partial charge in [0.1, 0.15) is 0 Å². The predicted molar refractivity (Wildman–Crippen MR) is 70.4 cm³/mol. The van der Waals surface area contributed by atoms with E-state index in [1.54, 1.807) is 36.5 Å². The fourth-order valence-electron chi connectivity index (χ4n) is 1.64. The third kappa shape index (κ3) is 2.50. The summed E-state index contributed by atoms with van der Waals surface area (Å²) in [5.41, 5.74) is 0.650. The molecule has 1 aromatic heterocycles. The van der Waals surface area contributed by atoms with Gasteiger partial charge in [0.15, 0.2) is 0 Å². The summed E-state index contributed by atoms with van der Waals surface area (Å²) >= 11 is 0. The largest absolute Gasteiger partial charge is 0.256 e. The van der Waals surface area contributed by atoms with E-state index in [0.717, 1.165) is 0 Å². The van der Waals surface area contributed by atoms with Gasteiger partial charge in [-0.05, 0) is 24.3 Å². The van der Waals surface area contributed by atoms with E-state index in [4.69, 9.17) is 6.42 Å². The average Bonchev–Trinajstić information content (AvgIpc) is 2.38. The number of hydrogen-bond acceptors (Lipinski definition) is 3. The van der Waals surface area contributed by atoms with E-state index in [1.807, 2.05) is 0 Å². The second kappa shape index (κ2) is 5.17. The van der Waals surface area contributed by atoms with Crippen molar-refractivity contribution < 1.29 is 8.42 Å². The molecule has 0 atom stereocenters. The highest BCUT2D eigenvalue weighted by Gasteiger charge is 2.16. The Morgan fingerprint density at radius 2 is 2.11 bits per heavy atom. The molecule has 0 aliphatic rings. The number of pyridine rings is 1. The van der Waals surface area contributed by atoms with Crippen LogP contribution in [0.15, 0.2) is 41.4 Å². The quantitative estimate of drug-likeness (QED) is 0.670.